The van der Waals surface area contributed by atoms with Gasteiger partial charge in [-0.05, 0) is 30.2 Å². The molecule has 0 bridgehead atoms. The SMILES string of the molecule is CC(C)CCSCC(=O)c1ccc(Br)cc1. The maximum atomic E-state index is 11.8. The smallest absolute Gasteiger partial charge is 0.172 e. The van der Waals surface area contributed by atoms with Crippen LogP contribution in [0.2, 0.25) is 0 Å². The zero-order valence-electron chi connectivity index (χ0n) is 9.70. The van der Waals surface area contributed by atoms with E-state index >= 15 is 0 Å². The number of thioether (sulfide) groups is 1. The Morgan fingerprint density at radius 1 is 1.31 bits per heavy atom. The molecule has 0 saturated heterocycles. The van der Waals surface area contributed by atoms with E-state index in [4.69, 9.17) is 0 Å². The van der Waals surface area contributed by atoms with Gasteiger partial charge in [-0.3, -0.25) is 4.79 Å². The lowest BCUT2D eigenvalue weighted by molar-refractivity contribution is 0.102. The predicted octanol–water partition coefficient (Wildman–Crippen LogP) is 4.41. The third-order valence-electron chi connectivity index (χ3n) is 2.24. The van der Waals surface area contributed by atoms with Gasteiger partial charge in [-0.15, -0.1) is 0 Å². The molecular weight excluding hydrogens is 284 g/mol. The molecule has 0 atom stereocenters. The molecule has 0 radical (unpaired) electrons. The Bertz CT molecular complexity index is 332. The van der Waals surface area contributed by atoms with Crippen LogP contribution in [-0.2, 0) is 0 Å². The van der Waals surface area contributed by atoms with E-state index in [2.05, 4.69) is 29.8 Å². The van der Waals surface area contributed by atoms with Crippen LogP contribution in [0.1, 0.15) is 30.6 Å². The van der Waals surface area contributed by atoms with Crippen LogP contribution in [-0.4, -0.2) is 17.3 Å². The monoisotopic (exact) mass is 300 g/mol. The molecule has 0 aromatic heterocycles. The lowest BCUT2D eigenvalue weighted by Crippen LogP contribution is -2.03. The van der Waals surface area contributed by atoms with Crippen LogP contribution in [0.4, 0.5) is 0 Å². The highest BCUT2D eigenvalue weighted by molar-refractivity contribution is 9.10. The largest absolute Gasteiger partial charge is 0.293 e. The van der Waals surface area contributed by atoms with E-state index in [0.29, 0.717) is 5.75 Å². The first-order valence-electron chi connectivity index (χ1n) is 5.46. The number of Topliss-reactive ketones (excluding diaryl/α,β-unsaturated/α-hetero) is 1. The lowest BCUT2D eigenvalue weighted by Gasteiger charge is -2.04. The number of hydrogen-bond donors (Lipinski definition) is 0. The van der Waals surface area contributed by atoms with Gasteiger partial charge in [-0.25, -0.2) is 0 Å². The molecule has 0 spiro atoms. The van der Waals surface area contributed by atoms with Gasteiger partial charge in [0.1, 0.15) is 0 Å². The second-order valence-corrected chi connectivity index (χ2v) is 6.19. The number of halogens is 1. The van der Waals surface area contributed by atoms with Gasteiger partial charge in [0.25, 0.3) is 0 Å². The van der Waals surface area contributed by atoms with Crippen molar-refractivity contribution in [3.63, 3.8) is 0 Å². The summed E-state index contributed by atoms with van der Waals surface area (Å²) in [7, 11) is 0. The summed E-state index contributed by atoms with van der Waals surface area (Å²) < 4.78 is 1.01. The number of carbonyl (C=O) groups excluding carboxylic acids is 1. The first kappa shape index (κ1) is 13.8. The number of carbonyl (C=O) groups is 1. The third-order valence-corrected chi connectivity index (χ3v) is 3.76. The van der Waals surface area contributed by atoms with Crippen molar-refractivity contribution in [1.29, 1.82) is 0 Å². The van der Waals surface area contributed by atoms with Crippen molar-refractivity contribution in [2.45, 2.75) is 20.3 Å². The molecule has 88 valence electrons. The zero-order valence-corrected chi connectivity index (χ0v) is 12.1. The molecule has 0 aliphatic carbocycles. The quantitative estimate of drug-likeness (QED) is 0.572. The average Bonchev–Trinajstić information content (AvgIpc) is 2.25. The van der Waals surface area contributed by atoms with Crippen LogP contribution < -0.4 is 0 Å². The van der Waals surface area contributed by atoms with Crippen molar-refractivity contribution in [2.75, 3.05) is 11.5 Å². The predicted molar refractivity (Wildman–Crippen MR) is 75.3 cm³/mol. The summed E-state index contributed by atoms with van der Waals surface area (Å²) in [4.78, 5) is 11.8. The molecule has 16 heavy (non-hydrogen) atoms. The van der Waals surface area contributed by atoms with Gasteiger partial charge in [-0.2, -0.15) is 11.8 Å². The van der Waals surface area contributed by atoms with E-state index in [-0.39, 0.29) is 5.78 Å². The summed E-state index contributed by atoms with van der Waals surface area (Å²) in [6.45, 7) is 4.41. The fraction of sp³-hybridized carbons (Fsp3) is 0.462. The second-order valence-electron chi connectivity index (χ2n) is 4.17. The molecule has 1 aromatic rings. The van der Waals surface area contributed by atoms with Crippen LogP contribution in [0, 0.1) is 5.92 Å². The van der Waals surface area contributed by atoms with Crippen LogP contribution in [0.25, 0.3) is 0 Å². The molecule has 0 N–H and O–H groups in total. The molecule has 0 aliphatic rings. The van der Waals surface area contributed by atoms with Gasteiger partial charge in [-0.1, -0.05) is 41.9 Å². The Labute approximate surface area is 110 Å². The van der Waals surface area contributed by atoms with Crippen molar-refractivity contribution in [3.05, 3.63) is 34.3 Å². The van der Waals surface area contributed by atoms with E-state index in [9.17, 15) is 4.79 Å². The summed E-state index contributed by atoms with van der Waals surface area (Å²) >= 11 is 5.09. The van der Waals surface area contributed by atoms with Crippen molar-refractivity contribution in [1.82, 2.24) is 0 Å². The van der Waals surface area contributed by atoms with E-state index in [1.807, 2.05) is 24.3 Å². The summed E-state index contributed by atoms with van der Waals surface area (Å²) in [5, 5.41) is 0. The molecule has 0 unspecified atom stereocenters. The van der Waals surface area contributed by atoms with Gasteiger partial charge in [0, 0.05) is 10.0 Å². The summed E-state index contributed by atoms with van der Waals surface area (Å²) in [5.41, 5.74) is 0.806. The molecule has 0 aliphatic heterocycles. The van der Waals surface area contributed by atoms with Gasteiger partial charge >= 0.3 is 0 Å². The molecule has 0 amide bonds. The van der Waals surface area contributed by atoms with E-state index < -0.39 is 0 Å². The van der Waals surface area contributed by atoms with E-state index in [1.165, 1.54) is 6.42 Å². The van der Waals surface area contributed by atoms with Crippen molar-refractivity contribution in [3.8, 4) is 0 Å². The molecule has 3 heteroatoms. The standard InChI is InChI=1S/C13H17BrOS/c1-10(2)7-8-16-9-13(15)11-3-5-12(14)6-4-11/h3-6,10H,7-9H2,1-2H3. The lowest BCUT2D eigenvalue weighted by atomic mass is 10.1. The first-order valence-corrected chi connectivity index (χ1v) is 7.41. The van der Waals surface area contributed by atoms with Crippen LogP contribution in [0.3, 0.4) is 0 Å². The Morgan fingerprint density at radius 2 is 1.94 bits per heavy atom. The van der Waals surface area contributed by atoms with Crippen molar-refractivity contribution < 1.29 is 4.79 Å². The fourth-order valence-electron chi connectivity index (χ4n) is 1.20. The third kappa shape index (κ3) is 5.17. The highest BCUT2D eigenvalue weighted by Crippen LogP contribution is 2.14. The summed E-state index contributed by atoms with van der Waals surface area (Å²) in [6.07, 6.45) is 1.18. The van der Waals surface area contributed by atoms with Crippen LogP contribution in [0.15, 0.2) is 28.7 Å². The van der Waals surface area contributed by atoms with Gasteiger partial charge in [0.15, 0.2) is 5.78 Å². The van der Waals surface area contributed by atoms with Crippen molar-refractivity contribution >= 4 is 33.5 Å². The van der Waals surface area contributed by atoms with Crippen LogP contribution in [0.5, 0.6) is 0 Å². The Morgan fingerprint density at radius 3 is 2.50 bits per heavy atom. The topological polar surface area (TPSA) is 17.1 Å². The number of benzene rings is 1. The molecule has 1 rings (SSSR count). The Kier molecular flexibility index (Phi) is 6.14. The number of rotatable bonds is 6. The van der Waals surface area contributed by atoms with Gasteiger partial charge < -0.3 is 0 Å². The maximum Gasteiger partial charge on any atom is 0.172 e. The Balaban J connectivity index is 2.32. The van der Waals surface area contributed by atoms with Crippen molar-refractivity contribution in [2.24, 2.45) is 5.92 Å². The maximum absolute atomic E-state index is 11.8. The van der Waals surface area contributed by atoms with Gasteiger partial charge in [0.05, 0.1) is 5.75 Å². The minimum atomic E-state index is 0.223. The molecule has 1 nitrogen and oxygen atoms in total. The van der Waals surface area contributed by atoms with E-state index in [1.54, 1.807) is 11.8 Å². The number of ketones is 1. The van der Waals surface area contributed by atoms with Crippen LogP contribution >= 0.6 is 27.7 Å². The summed E-state index contributed by atoms with van der Waals surface area (Å²) in [6, 6.07) is 7.56. The fourth-order valence-corrected chi connectivity index (χ4v) is 2.60. The van der Waals surface area contributed by atoms with Gasteiger partial charge in [0.2, 0.25) is 0 Å². The second kappa shape index (κ2) is 7.13. The average molecular weight is 301 g/mol. The Hall–Kier alpha value is -0.280. The molecule has 0 heterocycles. The first-order chi connectivity index (χ1) is 7.59. The molecule has 0 saturated carbocycles. The minimum Gasteiger partial charge on any atom is -0.293 e. The normalized spacial score (nSPS) is 10.8. The summed E-state index contributed by atoms with van der Waals surface area (Å²) in [5.74, 6) is 2.60. The zero-order chi connectivity index (χ0) is 12.0. The molecule has 1 aromatic carbocycles. The highest BCUT2D eigenvalue weighted by Gasteiger charge is 2.05. The van der Waals surface area contributed by atoms with E-state index in [0.717, 1.165) is 21.7 Å². The molecular formula is C13H17BrOS. The highest BCUT2D eigenvalue weighted by atomic mass is 79.9. The number of hydrogen-bond acceptors (Lipinski definition) is 2. The minimum absolute atomic E-state index is 0.223. The molecule has 0 fully saturated rings.